The average molecular weight is 263 g/mol. The van der Waals surface area contributed by atoms with E-state index in [0.717, 1.165) is 0 Å². The fourth-order valence-electron chi connectivity index (χ4n) is 1.60. The SMILES string of the molecule is CC(C)(C)NC(=O)CNc1nc(N)nc2nc[nH]c12. The summed E-state index contributed by atoms with van der Waals surface area (Å²) in [6.07, 6.45) is 1.50. The van der Waals surface area contributed by atoms with Gasteiger partial charge in [0, 0.05) is 5.54 Å². The second-order valence-corrected chi connectivity index (χ2v) is 5.18. The lowest BCUT2D eigenvalue weighted by Crippen LogP contribution is -2.43. The van der Waals surface area contributed by atoms with Gasteiger partial charge in [-0.1, -0.05) is 0 Å². The smallest absolute Gasteiger partial charge is 0.239 e. The molecule has 5 N–H and O–H groups in total. The summed E-state index contributed by atoms with van der Waals surface area (Å²) in [4.78, 5) is 26.6. The summed E-state index contributed by atoms with van der Waals surface area (Å²) in [7, 11) is 0. The summed E-state index contributed by atoms with van der Waals surface area (Å²) in [5, 5.41) is 5.77. The number of aromatic nitrogens is 4. The number of H-pyrrole nitrogens is 1. The van der Waals surface area contributed by atoms with Gasteiger partial charge in [0.2, 0.25) is 11.9 Å². The van der Waals surface area contributed by atoms with Gasteiger partial charge >= 0.3 is 0 Å². The van der Waals surface area contributed by atoms with Crippen LogP contribution in [-0.4, -0.2) is 37.9 Å². The van der Waals surface area contributed by atoms with Gasteiger partial charge in [-0.15, -0.1) is 0 Å². The highest BCUT2D eigenvalue weighted by atomic mass is 16.2. The van der Waals surface area contributed by atoms with E-state index in [1.165, 1.54) is 6.33 Å². The molecule has 8 heteroatoms. The first kappa shape index (κ1) is 13.1. The molecule has 0 radical (unpaired) electrons. The van der Waals surface area contributed by atoms with Gasteiger partial charge in [-0.05, 0) is 20.8 Å². The highest BCUT2D eigenvalue weighted by Gasteiger charge is 2.14. The van der Waals surface area contributed by atoms with Crippen molar-refractivity contribution >= 4 is 28.8 Å². The zero-order valence-electron chi connectivity index (χ0n) is 11.1. The zero-order valence-corrected chi connectivity index (χ0v) is 11.1. The van der Waals surface area contributed by atoms with Crippen molar-refractivity contribution in [2.75, 3.05) is 17.6 Å². The molecule has 0 spiro atoms. The Hall–Kier alpha value is -2.38. The van der Waals surface area contributed by atoms with Crippen LogP contribution in [-0.2, 0) is 4.79 Å². The molecular formula is C11H17N7O. The van der Waals surface area contributed by atoms with Crippen LogP contribution in [0.3, 0.4) is 0 Å². The standard InChI is InChI=1S/C11H17N7O/c1-11(2,3)18-6(19)4-13-8-7-9(15-5-14-7)17-10(12)16-8/h5H,4H2,1-3H3,(H,18,19)(H4,12,13,14,15,16,17). The molecule has 2 aromatic rings. The first-order valence-electron chi connectivity index (χ1n) is 5.86. The number of aromatic amines is 1. The van der Waals surface area contributed by atoms with Crippen LogP contribution in [0.15, 0.2) is 6.33 Å². The van der Waals surface area contributed by atoms with Gasteiger partial charge in [-0.3, -0.25) is 4.79 Å². The summed E-state index contributed by atoms with van der Waals surface area (Å²) in [6.45, 7) is 5.85. The van der Waals surface area contributed by atoms with Crippen LogP contribution >= 0.6 is 0 Å². The van der Waals surface area contributed by atoms with E-state index in [-0.39, 0.29) is 23.9 Å². The largest absolute Gasteiger partial charge is 0.368 e. The van der Waals surface area contributed by atoms with Crippen molar-refractivity contribution in [1.29, 1.82) is 0 Å². The van der Waals surface area contributed by atoms with E-state index in [9.17, 15) is 4.79 Å². The predicted octanol–water partition coefficient (Wildman–Crippen LogP) is 0.262. The molecule has 0 aliphatic carbocycles. The number of nitrogens with two attached hydrogens (primary N) is 1. The van der Waals surface area contributed by atoms with Crippen LogP contribution in [0.4, 0.5) is 11.8 Å². The monoisotopic (exact) mass is 263 g/mol. The Morgan fingerprint density at radius 3 is 2.84 bits per heavy atom. The molecule has 0 atom stereocenters. The third-order valence-corrected chi connectivity index (χ3v) is 2.23. The summed E-state index contributed by atoms with van der Waals surface area (Å²) in [5.74, 6) is 0.444. The molecule has 1 amide bonds. The van der Waals surface area contributed by atoms with E-state index < -0.39 is 0 Å². The van der Waals surface area contributed by atoms with Crippen LogP contribution in [0.25, 0.3) is 11.2 Å². The Labute approximate surface area is 110 Å². The van der Waals surface area contributed by atoms with E-state index in [4.69, 9.17) is 5.73 Å². The molecule has 2 heterocycles. The second kappa shape index (κ2) is 4.71. The molecular weight excluding hydrogens is 246 g/mol. The van der Waals surface area contributed by atoms with Crippen LogP contribution in [0.2, 0.25) is 0 Å². The maximum absolute atomic E-state index is 11.7. The number of anilines is 2. The number of amides is 1. The molecule has 0 saturated carbocycles. The number of nitrogens with zero attached hydrogens (tertiary/aromatic N) is 3. The highest BCUT2D eigenvalue weighted by Crippen LogP contribution is 2.16. The molecule has 2 aromatic heterocycles. The lowest BCUT2D eigenvalue weighted by Gasteiger charge is -2.20. The number of nitrogen functional groups attached to an aromatic ring is 1. The lowest BCUT2D eigenvalue weighted by atomic mass is 10.1. The van der Waals surface area contributed by atoms with Gasteiger partial charge in [-0.25, -0.2) is 4.98 Å². The molecule has 0 bridgehead atoms. The van der Waals surface area contributed by atoms with Gasteiger partial charge < -0.3 is 21.4 Å². The number of nitrogens with one attached hydrogen (secondary N) is 3. The fourth-order valence-corrected chi connectivity index (χ4v) is 1.60. The number of hydrogen-bond donors (Lipinski definition) is 4. The first-order valence-corrected chi connectivity index (χ1v) is 5.86. The quantitative estimate of drug-likeness (QED) is 0.630. The maximum atomic E-state index is 11.7. The van der Waals surface area contributed by atoms with Crippen LogP contribution in [0, 0.1) is 0 Å². The maximum Gasteiger partial charge on any atom is 0.239 e. The van der Waals surface area contributed by atoms with E-state index in [2.05, 4.69) is 30.6 Å². The van der Waals surface area contributed by atoms with Gasteiger partial charge in [0.25, 0.3) is 0 Å². The number of carbonyl (C=O) groups excluding carboxylic acids is 1. The summed E-state index contributed by atoms with van der Waals surface area (Å²) in [6, 6.07) is 0. The third-order valence-electron chi connectivity index (χ3n) is 2.23. The number of fused-ring (bicyclic) bond motifs is 1. The molecule has 0 fully saturated rings. The summed E-state index contributed by atoms with van der Waals surface area (Å²) < 4.78 is 0. The Morgan fingerprint density at radius 1 is 1.42 bits per heavy atom. The summed E-state index contributed by atoms with van der Waals surface area (Å²) >= 11 is 0. The molecule has 0 aliphatic rings. The normalized spacial score (nSPS) is 11.5. The molecule has 19 heavy (non-hydrogen) atoms. The highest BCUT2D eigenvalue weighted by molar-refractivity contribution is 5.87. The van der Waals surface area contributed by atoms with Gasteiger partial charge in [0.1, 0.15) is 5.52 Å². The Morgan fingerprint density at radius 2 is 2.16 bits per heavy atom. The van der Waals surface area contributed by atoms with E-state index >= 15 is 0 Å². The minimum absolute atomic E-state index is 0.0991. The van der Waals surface area contributed by atoms with Crippen molar-refractivity contribution < 1.29 is 4.79 Å². The Kier molecular flexibility index (Phi) is 3.24. The predicted molar refractivity (Wildman–Crippen MR) is 72.5 cm³/mol. The first-order chi connectivity index (χ1) is 8.85. The number of carbonyl (C=O) groups is 1. The van der Waals surface area contributed by atoms with Crippen molar-refractivity contribution in [2.45, 2.75) is 26.3 Å². The Balaban J connectivity index is 2.09. The number of hydrogen-bond acceptors (Lipinski definition) is 6. The second-order valence-electron chi connectivity index (χ2n) is 5.18. The van der Waals surface area contributed by atoms with Crippen molar-refractivity contribution in [3.8, 4) is 0 Å². The van der Waals surface area contributed by atoms with Crippen molar-refractivity contribution in [1.82, 2.24) is 25.3 Å². The Bertz CT molecular complexity index is 599. The molecule has 0 aliphatic heterocycles. The van der Waals surface area contributed by atoms with Gasteiger partial charge in [0.05, 0.1) is 12.9 Å². The summed E-state index contributed by atoms with van der Waals surface area (Å²) in [5.41, 5.74) is 6.39. The number of rotatable bonds is 3. The zero-order chi connectivity index (χ0) is 14.0. The van der Waals surface area contributed by atoms with Crippen LogP contribution in [0.1, 0.15) is 20.8 Å². The van der Waals surface area contributed by atoms with E-state index in [1.54, 1.807) is 0 Å². The van der Waals surface area contributed by atoms with E-state index in [0.29, 0.717) is 17.0 Å². The molecule has 102 valence electrons. The fraction of sp³-hybridized carbons (Fsp3) is 0.455. The molecule has 8 nitrogen and oxygen atoms in total. The topological polar surface area (TPSA) is 122 Å². The van der Waals surface area contributed by atoms with Crippen LogP contribution < -0.4 is 16.4 Å². The van der Waals surface area contributed by atoms with Crippen molar-refractivity contribution in [3.05, 3.63) is 6.33 Å². The molecule has 2 rings (SSSR count). The molecule has 0 saturated heterocycles. The van der Waals surface area contributed by atoms with Gasteiger partial charge in [-0.2, -0.15) is 9.97 Å². The van der Waals surface area contributed by atoms with Gasteiger partial charge in [0.15, 0.2) is 11.5 Å². The van der Waals surface area contributed by atoms with Crippen molar-refractivity contribution in [2.24, 2.45) is 0 Å². The average Bonchev–Trinajstić information content (AvgIpc) is 2.71. The van der Waals surface area contributed by atoms with Crippen molar-refractivity contribution in [3.63, 3.8) is 0 Å². The lowest BCUT2D eigenvalue weighted by molar-refractivity contribution is -0.120. The minimum atomic E-state index is -0.271. The minimum Gasteiger partial charge on any atom is -0.368 e. The van der Waals surface area contributed by atoms with E-state index in [1.807, 2.05) is 20.8 Å². The number of imidazole rings is 1. The molecule has 0 aromatic carbocycles. The third kappa shape index (κ3) is 3.30. The van der Waals surface area contributed by atoms with Crippen LogP contribution in [0.5, 0.6) is 0 Å². The molecule has 0 unspecified atom stereocenters.